The molecule has 0 unspecified atom stereocenters. The van der Waals surface area contributed by atoms with Gasteiger partial charge in [0.05, 0.1) is 12.4 Å². The molecule has 100 valence electrons. The van der Waals surface area contributed by atoms with E-state index in [0.717, 1.165) is 17.5 Å². The van der Waals surface area contributed by atoms with Crippen molar-refractivity contribution in [3.63, 3.8) is 0 Å². The highest BCUT2D eigenvalue weighted by molar-refractivity contribution is 5.79. The summed E-state index contributed by atoms with van der Waals surface area (Å²) in [6.45, 7) is 1.96. The van der Waals surface area contributed by atoms with Crippen LogP contribution in [0.5, 0.6) is 0 Å². The summed E-state index contributed by atoms with van der Waals surface area (Å²) in [7, 11) is 0. The molecule has 0 N–H and O–H groups in total. The Hall–Kier alpha value is -2.65. The number of aromatic nitrogens is 6. The smallest absolute Gasteiger partial charge is 0.358 e. The van der Waals surface area contributed by atoms with E-state index in [1.54, 1.807) is 0 Å². The van der Waals surface area contributed by atoms with Gasteiger partial charge in [0.25, 0.3) is 0 Å². The van der Waals surface area contributed by atoms with Gasteiger partial charge in [-0.3, -0.25) is 0 Å². The van der Waals surface area contributed by atoms with Crippen molar-refractivity contribution in [2.75, 3.05) is 0 Å². The first-order chi connectivity index (χ1) is 9.15. The first-order valence-electron chi connectivity index (χ1n) is 5.65. The van der Waals surface area contributed by atoms with Gasteiger partial charge < -0.3 is 10.1 Å². The van der Waals surface area contributed by atoms with Crippen LogP contribution in [0.4, 0.5) is 10.6 Å². The molecule has 0 bridgehead atoms. The fraction of sp³-hybridized carbons (Fsp3) is 0.444. The molecule has 2 aromatic heterocycles. The van der Waals surface area contributed by atoms with E-state index in [1.807, 2.05) is 6.92 Å². The van der Waals surface area contributed by atoms with Gasteiger partial charge in [-0.2, -0.15) is 0 Å². The summed E-state index contributed by atoms with van der Waals surface area (Å²) in [4.78, 5) is 22.3. The van der Waals surface area contributed by atoms with Crippen molar-refractivity contribution >= 4 is 11.8 Å². The molecule has 2 aromatic rings. The second kappa shape index (κ2) is 5.33. The van der Waals surface area contributed by atoms with Crippen molar-refractivity contribution in [2.45, 2.75) is 26.2 Å². The van der Waals surface area contributed by atoms with Crippen LogP contribution in [0.15, 0.2) is 12.4 Å². The highest BCUT2D eigenvalue weighted by atomic mass is 16.6. The van der Waals surface area contributed by atoms with Crippen LogP contribution in [0.2, 0.25) is 0 Å². The van der Waals surface area contributed by atoms with Crippen LogP contribution in [-0.2, 0) is 6.42 Å². The van der Waals surface area contributed by atoms with E-state index in [4.69, 9.17) is 0 Å². The predicted molar refractivity (Wildman–Crippen MR) is 61.5 cm³/mol. The number of carbonyl (C=O) groups excluding carboxylic acids is 1. The molecular weight excluding hydrogens is 254 g/mol. The Balaban J connectivity index is 2.38. The molecule has 2 heterocycles. The number of carbonyl (C=O) groups is 1. The Kier molecular flexibility index (Phi) is 3.59. The largest absolute Gasteiger partial charge is 0.464 e. The maximum Gasteiger partial charge on any atom is 0.464 e. The number of unbranched alkanes of at least 4 members (excludes halogenated alkanes) is 1. The minimum Gasteiger partial charge on any atom is -0.358 e. The van der Waals surface area contributed by atoms with Gasteiger partial charge in [-0.15, -0.1) is 14.9 Å². The summed E-state index contributed by atoms with van der Waals surface area (Å²) in [5.74, 6) is -0.422. The SMILES string of the molecule is CCCCc1nnn(C(=O)n2ccnn2)c1[N+](=O)[O-]. The Morgan fingerprint density at radius 1 is 1.47 bits per heavy atom. The molecule has 10 nitrogen and oxygen atoms in total. The van der Waals surface area contributed by atoms with Gasteiger partial charge in [-0.25, -0.2) is 4.79 Å². The maximum atomic E-state index is 11.9. The molecule has 0 aliphatic carbocycles. The second-order valence-electron chi connectivity index (χ2n) is 3.76. The molecule has 0 spiro atoms. The van der Waals surface area contributed by atoms with E-state index >= 15 is 0 Å². The highest BCUT2D eigenvalue weighted by Gasteiger charge is 2.30. The average molecular weight is 265 g/mol. The topological polar surface area (TPSA) is 122 Å². The van der Waals surface area contributed by atoms with Gasteiger partial charge in [-0.05, 0) is 16.0 Å². The molecule has 0 aliphatic rings. The van der Waals surface area contributed by atoms with Gasteiger partial charge in [0, 0.05) is 11.6 Å². The zero-order chi connectivity index (χ0) is 13.8. The summed E-state index contributed by atoms with van der Waals surface area (Å²) in [6.07, 6.45) is 4.56. The number of hydrogen-bond acceptors (Lipinski definition) is 7. The molecule has 19 heavy (non-hydrogen) atoms. The van der Waals surface area contributed by atoms with Crippen LogP contribution in [-0.4, -0.2) is 40.9 Å². The van der Waals surface area contributed by atoms with Crippen molar-refractivity contribution in [1.29, 1.82) is 0 Å². The maximum absolute atomic E-state index is 11.9. The van der Waals surface area contributed by atoms with Crippen LogP contribution in [0.25, 0.3) is 0 Å². The molecule has 0 fully saturated rings. The van der Waals surface area contributed by atoms with Crippen molar-refractivity contribution in [3.05, 3.63) is 28.2 Å². The number of aryl methyl sites for hydroxylation is 1. The molecule has 0 amide bonds. The second-order valence-corrected chi connectivity index (χ2v) is 3.76. The van der Waals surface area contributed by atoms with E-state index in [-0.39, 0.29) is 5.69 Å². The van der Waals surface area contributed by atoms with Gasteiger partial charge in [-0.1, -0.05) is 18.6 Å². The van der Waals surface area contributed by atoms with Gasteiger partial charge >= 0.3 is 11.8 Å². The molecular formula is C9H11N7O3. The summed E-state index contributed by atoms with van der Waals surface area (Å²) in [6, 6.07) is -0.792. The van der Waals surface area contributed by atoms with E-state index in [1.165, 1.54) is 12.4 Å². The van der Waals surface area contributed by atoms with E-state index in [9.17, 15) is 14.9 Å². The zero-order valence-corrected chi connectivity index (χ0v) is 10.1. The lowest BCUT2D eigenvalue weighted by atomic mass is 10.2. The van der Waals surface area contributed by atoms with Crippen LogP contribution < -0.4 is 0 Å². The van der Waals surface area contributed by atoms with Crippen molar-refractivity contribution in [2.24, 2.45) is 0 Å². The Labute approximate surface area is 107 Å². The van der Waals surface area contributed by atoms with E-state index < -0.39 is 16.8 Å². The van der Waals surface area contributed by atoms with Crippen molar-refractivity contribution in [1.82, 2.24) is 30.0 Å². The Morgan fingerprint density at radius 3 is 2.84 bits per heavy atom. The van der Waals surface area contributed by atoms with Crippen LogP contribution in [0, 0.1) is 10.1 Å². The molecule has 0 radical (unpaired) electrons. The lowest BCUT2D eigenvalue weighted by Crippen LogP contribution is -2.22. The first-order valence-corrected chi connectivity index (χ1v) is 5.65. The lowest BCUT2D eigenvalue weighted by Gasteiger charge is -1.98. The minimum atomic E-state index is -0.792. The minimum absolute atomic E-state index is 0.195. The summed E-state index contributed by atoms with van der Waals surface area (Å²) < 4.78 is 1.48. The van der Waals surface area contributed by atoms with Gasteiger partial charge in [0.1, 0.15) is 0 Å². The third-order valence-corrected chi connectivity index (χ3v) is 2.45. The van der Waals surface area contributed by atoms with E-state index in [0.29, 0.717) is 11.1 Å². The number of nitrogens with zero attached hydrogens (tertiary/aromatic N) is 7. The number of rotatable bonds is 4. The molecule has 0 saturated carbocycles. The molecule has 0 atom stereocenters. The third kappa shape index (κ3) is 2.46. The van der Waals surface area contributed by atoms with Crippen molar-refractivity contribution < 1.29 is 9.72 Å². The average Bonchev–Trinajstić information content (AvgIpc) is 3.04. The quantitative estimate of drug-likeness (QED) is 0.587. The highest BCUT2D eigenvalue weighted by Crippen LogP contribution is 2.17. The Bertz CT molecular complexity index is 589. The predicted octanol–water partition coefficient (Wildman–Crippen LogP) is 0.637. The molecule has 0 aromatic carbocycles. The van der Waals surface area contributed by atoms with Crippen molar-refractivity contribution in [3.8, 4) is 0 Å². The summed E-state index contributed by atoms with van der Waals surface area (Å²) in [5.41, 5.74) is 0.195. The van der Waals surface area contributed by atoms with Crippen LogP contribution >= 0.6 is 0 Å². The molecule has 0 aliphatic heterocycles. The van der Waals surface area contributed by atoms with E-state index in [2.05, 4.69) is 20.6 Å². The summed E-state index contributed by atoms with van der Waals surface area (Å²) >= 11 is 0. The molecule has 0 saturated heterocycles. The Morgan fingerprint density at radius 2 is 2.26 bits per heavy atom. The molecule has 2 rings (SSSR count). The standard InChI is InChI=1S/C9H11N7O3/c1-2-3-4-7-8(16(18)19)15(13-11-7)9(17)14-6-5-10-12-14/h5-6H,2-4H2,1H3. The van der Waals surface area contributed by atoms with Gasteiger partial charge in [0.15, 0.2) is 5.69 Å². The number of nitro groups is 1. The van der Waals surface area contributed by atoms with Crippen LogP contribution in [0.1, 0.15) is 25.5 Å². The fourth-order valence-corrected chi connectivity index (χ4v) is 1.53. The normalized spacial score (nSPS) is 10.6. The fourth-order valence-electron chi connectivity index (χ4n) is 1.53. The monoisotopic (exact) mass is 265 g/mol. The lowest BCUT2D eigenvalue weighted by molar-refractivity contribution is -0.392. The zero-order valence-electron chi connectivity index (χ0n) is 10.1. The summed E-state index contributed by atoms with van der Waals surface area (Å²) in [5, 5.41) is 25.2. The van der Waals surface area contributed by atoms with Gasteiger partial charge in [0.2, 0.25) is 0 Å². The first kappa shape index (κ1) is 12.8. The van der Waals surface area contributed by atoms with Crippen LogP contribution in [0.3, 0.4) is 0 Å². The third-order valence-electron chi connectivity index (χ3n) is 2.45. The molecule has 10 heteroatoms. The number of hydrogen-bond donors (Lipinski definition) is 0.